The third-order valence-electron chi connectivity index (χ3n) is 5.73. The van der Waals surface area contributed by atoms with Gasteiger partial charge in [-0.25, -0.2) is 9.18 Å². The molecule has 1 aliphatic heterocycles. The Morgan fingerprint density at radius 3 is 2.50 bits per heavy atom. The number of halogens is 2. The number of hydrogen-bond donors (Lipinski definition) is 2. The summed E-state index contributed by atoms with van der Waals surface area (Å²) < 4.78 is 22.3. The maximum absolute atomic E-state index is 15.1. The molecule has 0 amide bonds. The van der Waals surface area contributed by atoms with E-state index in [1.807, 2.05) is 11.8 Å². The number of pyridine rings is 1. The lowest BCUT2D eigenvalue weighted by Crippen LogP contribution is -2.44. The fraction of sp³-hybridized carbons (Fsp3) is 0.556. The van der Waals surface area contributed by atoms with E-state index in [0.717, 1.165) is 29.9 Å². The summed E-state index contributed by atoms with van der Waals surface area (Å²) in [6.07, 6.45) is 3.60. The first-order valence-corrected chi connectivity index (χ1v) is 9.18. The van der Waals surface area contributed by atoms with E-state index in [9.17, 15) is 9.59 Å². The summed E-state index contributed by atoms with van der Waals surface area (Å²) in [6.45, 7) is 3.17. The molecule has 154 valence electrons. The number of anilines is 1. The summed E-state index contributed by atoms with van der Waals surface area (Å²) in [5.41, 5.74) is 5.68. The van der Waals surface area contributed by atoms with Crippen LogP contribution in [-0.2, 0) is 0 Å². The molecule has 8 nitrogen and oxygen atoms in total. The topological polar surface area (TPSA) is 108 Å². The fourth-order valence-electron chi connectivity index (χ4n) is 4.05. The Labute approximate surface area is 167 Å². The Morgan fingerprint density at radius 2 is 1.96 bits per heavy atom. The van der Waals surface area contributed by atoms with Gasteiger partial charge < -0.3 is 21.2 Å². The van der Waals surface area contributed by atoms with E-state index in [4.69, 9.17) is 16.3 Å². The number of nitrogen functional groups attached to an aromatic ring is 1. The lowest BCUT2D eigenvalue weighted by atomic mass is 10.0. The molecule has 4 rings (SSSR count). The molecule has 2 aliphatic rings. The molecule has 3 heterocycles. The van der Waals surface area contributed by atoms with Crippen molar-refractivity contribution in [1.29, 1.82) is 0 Å². The number of nitrogens with zero attached hydrogens (tertiary/aromatic N) is 3. The Hall–Kier alpha value is -2.26. The quantitative estimate of drug-likeness (QED) is 0.717. The van der Waals surface area contributed by atoms with E-state index < -0.39 is 17.1 Å². The van der Waals surface area contributed by atoms with Crippen molar-refractivity contribution in [2.24, 2.45) is 11.7 Å². The van der Waals surface area contributed by atoms with E-state index >= 15 is 4.39 Å². The van der Waals surface area contributed by atoms with Crippen LogP contribution in [0.15, 0.2) is 15.8 Å². The minimum atomic E-state index is -0.793. The first-order valence-electron chi connectivity index (χ1n) is 9.18. The van der Waals surface area contributed by atoms with Gasteiger partial charge in [-0.2, -0.15) is 4.68 Å². The van der Waals surface area contributed by atoms with Crippen LogP contribution in [0.3, 0.4) is 0 Å². The van der Waals surface area contributed by atoms with E-state index in [1.165, 1.54) is 7.11 Å². The predicted octanol–water partition coefficient (Wildman–Crippen LogP) is 0.795. The van der Waals surface area contributed by atoms with E-state index in [1.54, 1.807) is 0 Å². The molecule has 2 aromatic rings. The van der Waals surface area contributed by atoms with Crippen molar-refractivity contribution in [1.82, 2.24) is 9.08 Å². The van der Waals surface area contributed by atoms with Gasteiger partial charge in [0.1, 0.15) is 11.2 Å². The second kappa shape index (κ2) is 7.29. The third-order valence-corrected chi connectivity index (χ3v) is 5.73. The smallest absolute Gasteiger partial charge is 0.354 e. The van der Waals surface area contributed by atoms with Crippen molar-refractivity contribution in [3.05, 3.63) is 38.4 Å². The largest absolute Gasteiger partial charge is 0.492 e. The average molecular weight is 414 g/mol. The van der Waals surface area contributed by atoms with Gasteiger partial charge in [-0.3, -0.25) is 9.20 Å². The van der Waals surface area contributed by atoms with Gasteiger partial charge >= 0.3 is 5.69 Å². The van der Waals surface area contributed by atoms with Crippen LogP contribution in [0, 0.1) is 11.7 Å². The molecule has 4 N–H and O–H groups in total. The number of aromatic nitrogens is 2. The highest BCUT2D eigenvalue weighted by Gasteiger charge is 2.35. The molecule has 2 atom stereocenters. The molecule has 0 aromatic carbocycles. The zero-order chi connectivity index (χ0) is 19.5. The predicted molar refractivity (Wildman–Crippen MR) is 108 cm³/mol. The molecule has 1 unspecified atom stereocenters. The monoisotopic (exact) mass is 413 g/mol. The van der Waals surface area contributed by atoms with Crippen LogP contribution in [0.25, 0.3) is 5.52 Å². The Balaban J connectivity index is 0.00000225. The van der Waals surface area contributed by atoms with Crippen LogP contribution < -0.4 is 32.5 Å². The molecule has 0 bridgehead atoms. The Bertz CT molecular complexity index is 1030. The second-order valence-corrected chi connectivity index (χ2v) is 7.58. The molecule has 0 spiro atoms. The molecule has 1 saturated carbocycles. The van der Waals surface area contributed by atoms with Crippen molar-refractivity contribution in [2.45, 2.75) is 38.1 Å². The minimum absolute atomic E-state index is 0. The SMILES string of the molecule is COc1c(N2CCC([C@@H](C)N)C2)c(F)cn2c(=O)n(N)c(=O)c(C3CC3)c12.Cl. The van der Waals surface area contributed by atoms with Crippen LogP contribution >= 0.6 is 12.4 Å². The second-order valence-electron chi connectivity index (χ2n) is 7.58. The number of ether oxygens (including phenoxy) is 1. The van der Waals surface area contributed by atoms with Crippen molar-refractivity contribution >= 4 is 23.6 Å². The number of fused-ring (bicyclic) bond motifs is 1. The van der Waals surface area contributed by atoms with Crippen LogP contribution in [0.5, 0.6) is 5.75 Å². The highest BCUT2D eigenvalue weighted by molar-refractivity contribution is 5.85. The molecular weight excluding hydrogens is 389 g/mol. The van der Waals surface area contributed by atoms with Crippen LogP contribution in [0.2, 0.25) is 0 Å². The Kier molecular flexibility index (Phi) is 5.33. The normalized spacial score (nSPS) is 20.3. The van der Waals surface area contributed by atoms with Crippen molar-refractivity contribution in [3.63, 3.8) is 0 Å². The van der Waals surface area contributed by atoms with Gasteiger partial charge in [0.15, 0.2) is 11.6 Å². The summed E-state index contributed by atoms with van der Waals surface area (Å²) in [7, 11) is 1.42. The fourth-order valence-corrected chi connectivity index (χ4v) is 4.05. The summed E-state index contributed by atoms with van der Waals surface area (Å²) >= 11 is 0. The average Bonchev–Trinajstić information content (AvgIpc) is 3.35. The van der Waals surface area contributed by atoms with Gasteiger partial charge in [0, 0.05) is 19.1 Å². The number of hydrogen-bond acceptors (Lipinski definition) is 6. The van der Waals surface area contributed by atoms with Gasteiger partial charge in [-0.1, -0.05) is 0 Å². The molecule has 2 fully saturated rings. The summed E-state index contributed by atoms with van der Waals surface area (Å²) in [4.78, 5) is 27.0. The standard InChI is InChI=1S/C18H24FN5O3.ClH/c1-9(20)11-5-6-22(7-11)14-12(19)8-23-15(16(14)27-2)13(10-3-4-10)17(25)24(21)18(23)26;/h8-11H,3-7,20-21H2,1-2H3;1H/t9-,11?;/m1./s1. The molecule has 10 heteroatoms. The zero-order valence-electron chi connectivity index (χ0n) is 15.9. The number of methoxy groups -OCH3 is 1. The van der Waals surface area contributed by atoms with E-state index in [0.29, 0.717) is 28.8 Å². The molecule has 28 heavy (non-hydrogen) atoms. The summed E-state index contributed by atoms with van der Waals surface area (Å²) in [6, 6.07) is -0.00130. The molecule has 0 radical (unpaired) electrons. The molecular formula is C18H25ClFN5O3. The zero-order valence-corrected chi connectivity index (χ0v) is 16.7. The van der Waals surface area contributed by atoms with Gasteiger partial charge in [0.25, 0.3) is 5.56 Å². The van der Waals surface area contributed by atoms with Crippen LogP contribution in [0.1, 0.15) is 37.7 Å². The number of nitrogens with two attached hydrogens (primary N) is 2. The maximum Gasteiger partial charge on any atom is 0.354 e. The van der Waals surface area contributed by atoms with Crippen LogP contribution in [-0.4, -0.2) is 35.3 Å². The maximum atomic E-state index is 15.1. The van der Waals surface area contributed by atoms with Crippen molar-refractivity contribution < 1.29 is 9.13 Å². The summed E-state index contributed by atoms with van der Waals surface area (Å²) in [5.74, 6) is 5.51. The Morgan fingerprint density at radius 1 is 1.29 bits per heavy atom. The lowest BCUT2D eigenvalue weighted by molar-refractivity contribution is 0.412. The highest BCUT2D eigenvalue weighted by Crippen LogP contribution is 2.45. The minimum Gasteiger partial charge on any atom is -0.492 e. The van der Waals surface area contributed by atoms with Gasteiger partial charge in [0.05, 0.1) is 18.9 Å². The molecule has 2 aromatic heterocycles. The molecule has 1 saturated heterocycles. The first-order chi connectivity index (χ1) is 12.8. The van der Waals surface area contributed by atoms with Crippen molar-refractivity contribution in [2.75, 3.05) is 30.9 Å². The van der Waals surface area contributed by atoms with Gasteiger partial charge in [-0.05, 0) is 38.0 Å². The first kappa shape index (κ1) is 20.5. The summed E-state index contributed by atoms with van der Waals surface area (Å²) in [5, 5.41) is 0. The highest BCUT2D eigenvalue weighted by atomic mass is 35.5. The van der Waals surface area contributed by atoms with E-state index in [-0.39, 0.29) is 41.7 Å². The van der Waals surface area contributed by atoms with E-state index in [2.05, 4.69) is 0 Å². The molecule has 1 aliphatic carbocycles. The van der Waals surface area contributed by atoms with Crippen LogP contribution in [0.4, 0.5) is 10.1 Å². The lowest BCUT2D eigenvalue weighted by Gasteiger charge is -2.24. The van der Waals surface area contributed by atoms with Gasteiger partial charge in [-0.15, -0.1) is 12.4 Å². The number of rotatable bonds is 4. The van der Waals surface area contributed by atoms with Crippen molar-refractivity contribution in [3.8, 4) is 5.75 Å². The van der Waals surface area contributed by atoms with Gasteiger partial charge in [0.2, 0.25) is 0 Å². The third kappa shape index (κ3) is 3.02.